The summed E-state index contributed by atoms with van der Waals surface area (Å²) < 4.78 is 13.7. The van der Waals surface area contributed by atoms with E-state index in [0.717, 1.165) is 0 Å². The minimum atomic E-state index is -1.46. The van der Waals surface area contributed by atoms with Crippen LogP contribution in [0.4, 0.5) is 0 Å². The van der Waals surface area contributed by atoms with Crippen LogP contribution in [0.2, 0.25) is 0 Å². The number of nitrogens with zero attached hydrogens (tertiary/aromatic N) is 3. The van der Waals surface area contributed by atoms with E-state index in [9.17, 15) is 19.2 Å². The zero-order valence-corrected chi connectivity index (χ0v) is 10.8. The van der Waals surface area contributed by atoms with Gasteiger partial charge in [0.25, 0.3) is 6.26 Å². The summed E-state index contributed by atoms with van der Waals surface area (Å²) >= 11 is 0. The predicted molar refractivity (Wildman–Crippen MR) is 63.0 cm³/mol. The summed E-state index contributed by atoms with van der Waals surface area (Å²) in [7, 11) is 0. The van der Waals surface area contributed by atoms with E-state index in [-0.39, 0.29) is 26.3 Å². The van der Waals surface area contributed by atoms with E-state index in [1.165, 1.54) is 18.4 Å². The van der Waals surface area contributed by atoms with Crippen LogP contribution in [-0.2, 0) is 33.4 Å². The molecule has 0 fully saturated rings. The molecule has 0 rings (SSSR count). The van der Waals surface area contributed by atoms with Crippen molar-refractivity contribution >= 4 is 24.1 Å². The fraction of sp³-hybridized carbons (Fsp3) is 0.545. The third kappa shape index (κ3) is 9.55. The van der Waals surface area contributed by atoms with Crippen molar-refractivity contribution in [2.24, 2.45) is 9.98 Å². The van der Waals surface area contributed by atoms with E-state index in [1.54, 1.807) is 0 Å². The lowest BCUT2D eigenvalue weighted by molar-refractivity contribution is -0.159. The van der Waals surface area contributed by atoms with Crippen molar-refractivity contribution in [3.8, 4) is 6.26 Å². The smallest absolute Gasteiger partial charge is 0.349 e. The van der Waals surface area contributed by atoms with Crippen molar-refractivity contribution in [3.05, 3.63) is 0 Å². The van der Waals surface area contributed by atoms with Gasteiger partial charge in [0.05, 0.1) is 19.5 Å². The summed E-state index contributed by atoms with van der Waals surface area (Å²) in [4.78, 5) is 48.7. The molecule has 0 N–H and O–H groups in total. The molecule has 0 heterocycles. The number of carbonyl (C=O) groups is 2. The molecule has 10 nitrogen and oxygen atoms in total. The van der Waals surface area contributed by atoms with Gasteiger partial charge in [0.15, 0.2) is 0 Å². The molecule has 0 saturated heterocycles. The molecule has 10 heteroatoms. The Morgan fingerprint density at radius 2 is 1.62 bits per heavy atom. The van der Waals surface area contributed by atoms with Crippen LogP contribution in [0.5, 0.6) is 0 Å². The summed E-state index contributed by atoms with van der Waals surface area (Å²) in [6.45, 7) is -0.547. The topological polar surface area (TPSA) is 144 Å². The van der Waals surface area contributed by atoms with Gasteiger partial charge in [-0.15, -0.1) is 0 Å². The van der Waals surface area contributed by atoms with Crippen molar-refractivity contribution in [3.63, 3.8) is 0 Å². The average Bonchev–Trinajstić information content (AvgIpc) is 2.47. The Balaban J connectivity index is 4.23. The van der Waals surface area contributed by atoms with Crippen LogP contribution in [0.3, 0.4) is 0 Å². The highest BCUT2D eigenvalue weighted by Crippen LogP contribution is 2.03. The van der Waals surface area contributed by atoms with Crippen LogP contribution >= 0.6 is 0 Å². The second-order valence-electron chi connectivity index (χ2n) is 3.24. The maximum absolute atomic E-state index is 11.5. The van der Waals surface area contributed by atoms with Crippen molar-refractivity contribution < 1.29 is 33.4 Å². The zero-order valence-electron chi connectivity index (χ0n) is 10.8. The molecule has 0 aliphatic heterocycles. The molecule has 112 valence electrons. The lowest BCUT2D eigenvalue weighted by atomic mass is 10.2. The summed E-state index contributed by atoms with van der Waals surface area (Å²) in [6, 6.07) is 0. The van der Waals surface area contributed by atoms with Crippen LogP contribution in [0.15, 0.2) is 9.98 Å². The molecule has 0 aliphatic rings. The number of aliphatic imine (C=N–C) groups is 2. The largest absolute Gasteiger partial charge is 0.464 e. The Labute approximate surface area is 119 Å². The number of esters is 2. The minimum absolute atomic E-state index is 0.0623. The highest BCUT2D eigenvalue weighted by molar-refractivity contribution is 5.82. The van der Waals surface area contributed by atoms with Gasteiger partial charge in [0.2, 0.25) is 18.3 Å². The number of rotatable bonds is 10. The van der Waals surface area contributed by atoms with Gasteiger partial charge in [-0.25, -0.2) is 24.4 Å². The third-order valence-corrected chi connectivity index (χ3v) is 1.85. The summed E-state index contributed by atoms with van der Waals surface area (Å²) in [5.41, 5.74) is 0. The van der Waals surface area contributed by atoms with Gasteiger partial charge in [-0.1, -0.05) is 0 Å². The van der Waals surface area contributed by atoms with Crippen LogP contribution < -0.4 is 0 Å². The first-order valence-corrected chi connectivity index (χ1v) is 5.60. The SMILES string of the molecule is N#COC(CC(=O)OCCN=C=O)C(=O)OCCN=C=O. The van der Waals surface area contributed by atoms with E-state index < -0.39 is 24.5 Å². The molecule has 0 radical (unpaired) electrons. The van der Waals surface area contributed by atoms with E-state index in [1.807, 2.05) is 0 Å². The van der Waals surface area contributed by atoms with Gasteiger partial charge >= 0.3 is 11.9 Å². The summed E-state index contributed by atoms with van der Waals surface area (Å²) in [5.74, 6) is -1.81. The molecule has 0 saturated carbocycles. The molecule has 0 amide bonds. The van der Waals surface area contributed by atoms with Crippen LogP contribution in [-0.4, -0.2) is 56.5 Å². The standard InChI is InChI=1S/C11H11N3O7/c12-6-21-9(11(18)20-4-2-14-8-16)5-10(17)19-3-1-13-7-15/h9H,1-5H2. The molecular weight excluding hydrogens is 286 g/mol. The number of nitriles is 1. The molecule has 0 spiro atoms. The van der Waals surface area contributed by atoms with Crippen molar-refractivity contribution in [2.75, 3.05) is 26.3 Å². The number of isocyanates is 2. The second kappa shape index (κ2) is 12.0. The lowest BCUT2D eigenvalue weighted by Gasteiger charge is -2.12. The Kier molecular flexibility index (Phi) is 10.3. The number of hydrogen-bond acceptors (Lipinski definition) is 10. The van der Waals surface area contributed by atoms with Gasteiger partial charge in [0, 0.05) is 0 Å². The molecule has 0 aromatic carbocycles. The molecule has 0 aromatic heterocycles. The lowest BCUT2D eigenvalue weighted by Crippen LogP contribution is -2.29. The zero-order chi connectivity index (χ0) is 15.9. The van der Waals surface area contributed by atoms with Crippen LogP contribution in [0.25, 0.3) is 0 Å². The van der Waals surface area contributed by atoms with E-state index in [4.69, 9.17) is 5.26 Å². The Bertz CT molecular complexity index is 487. The quantitative estimate of drug-likeness (QED) is 0.164. The van der Waals surface area contributed by atoms with Gasteiger partial charge in [-0.05, 0) is 0 Å². The van der Waals surface area contributed by atoms with Crippen molar-refractivity contribution in [1.29, 1.82) is 5.26 Å². The Morgan fingerprint density at radius 1 is 1.05 bits per heavy atom. The fourth-order valence-electron chi connectivity index (χ4n) is 1.03. The molecular formula is C11H11N3O7. The van der Waals surface area contributed by atoms with E-state index in [0.29, 0.717) is 0 Å². The molecule has 1 atom stereocenters. The number of carbonyl (C=O) groups excluding carboxylic acids is 4. The third-order valence-electron chi connectivity index (χ3n) is 1.85. The van der Waals surface area contributed by atoms with Crippen molar-refractivity contribution in [2.45, 2.75) is 12.5 Å². The van der Waals surface area contributed by atoms with Gasteiger partial charge in [-0.3, -0.25) is 4.79 Å². The molecule has 0 aliphatic carbocycles. The molecule has 0 aromatic rings. The first-order chi connectivity index (χ1) is 10.2. The van der Waals surface area contributed by atoms with Gasteiger partial charge < -0.3 is 14.2 Å². The summed E-state index contributed by atoms with van der Waals surface area (Å²) in [6.07, 6.45) is 1.77. The number of ether oxygens (including phenoxy) is 3. The minimum Gasteiger partial charge on any atom is -0.464 e. The van der Waals surface area contributed by atoms with Gasteiger partial charge in [-0.2, -0.15) is 5.26 Å². The maximum atomic E-state index is 11.5. The van der Waals surface area contributed by atoms with E-state index in [2.05, 4.69) is 24.2 Å². The monoisotopic (exact) mass is 297 g/mol. The fourth-order valence-corrected chi connectivity index (χ4v) is 1.03. The molecule has 21 heavy (non-hydrogen) atoms. The van der Waals surface area contributed by atoms with E-state index >= 15 is 0 Å². The highest BCUT2D eigenvalue weighted by atomic mass is 16.6. The Morgan fingerprint density at radius 3 is 2.14 bits per heavy atom. The molecule has 1 unspecified atom stereocenters. The highest BCUT2D eigenvalue weighted by Gasteiger charge is 2.26. The molecule has 0 bridgehead atoms. The first kappa shape index (κ1) is 18.0. The second-order valence-corrected chi connectivity index (χ2v) is 3.24. The Hall–Kier alpha value is -3.01. The number of hydrogen-bond donors (Lipinski definition) is 0. The van der Waals surface area contributed by atoms with Crippen molar-refractivity contribution in [1.82, 2.24) is 0 Å². The first-order valence-electron chi connectivity index (χ1n) is 5.60. The summed E-state index contributed by atoms with van der Waals surface area (Å²) in [5, 5.41) is 8.39. The van der Waals surface area contributed by atoms with Gasteiger partial charge in [0.1, 0.15) is 13.2 Å². The normalized spacial score (nSPS) is 10.0. The average molecular weight is 297 g/mol. The van der Waals surface area contributed by atoms with Crippen LogP contribution in [0, 0.1) is 11.5 Å². The van der Waals surface area contributed by atoms with Crippen LogP contribution in [0.1, 0.15) is 6.42 Å². The predicted octanol–water partition coefficient (Wildman–Crippen LogP) is -0.999. The maximum Gasteiger partial charge on any atom is 0.349 e.